The number of rotatable bonds is 7. The van der Waals surface area contributed by atoms with E-state index in [0.717, 1.165) is 18.6 Å². The summed E-state index contributed by atoms with van der Waals surface area (Å²) in [5, 5.41) is 7.58. The Hall–Kier alpha value is -2.25. The highest BCUT2D eigenvalue weighted by molar-refractivity contribution is 5.78. The number of carbonyl (C=O) groups is 2. The van der Waals surface area contributed by atoms with Crippen molar-refractivity contribution in [3.05, 3.63) is 35.4 Å². The average Bonchev–Trinajstić information content (AvgIpc) is 2.50. The fraction of sp³-hybridized carbons (Fsp3) is 0.467. The number of urea groups is 1. The topological polar surface area (TPSA) is 70.2 Å². The minimum Gasteiger partial charge on any atom is -0.356 e. The van der Waals surface area contributed by atoms with Crippen molar-refractivity contribution in [1.29, 1.82) is 0 Å². The highest BCUT2D eigenvalue weighted by Gasteiger charge is 2.30. The maximum absolute atomic E-state index is 12.6. The zero-order valence-corrected chi connectivity index (χ0v) is 12.8. The Morgan fingerprint density at radius 3 is 2.48 bits per heavy atom. The minimum absolute atomic E-state index is 0.0300. The summed E-state index contributed by atoms with van der Waals surface area (Å²) >= 11 is 0. The van der Waals surface area contributed by atoms with Gasteiger partial charge in [-0.2, -0.15) is 13.2 Å². The van der Waals surface area contributed by atoms with Crippen molar-refractivity contribution in [1.82, 2.24) is 16.0 Å². The fourth-order valence-electron chi connectivity index (χ4n) is 1.74. The number of hydrogen-bond acceptors (Lipinski definition) is 2. The Kier molecular flexibility index (Phi) is 7.37. The molecule has 0 atom stereocenters. The summed E-state index contributed by atoms with van der Waals surface area (Å²) < 4.78 is 37.7. The molecular weight excluding hydrogens is 311 g/mol. The third-order valence-electron chi connectivity index (χ3n) is 2.92. The van der Waals surface area contributed by atoms with Gasteiger partial charge in [-0.3, -0.25) is 4.79 Å². The number of alkyl halides is 3. The van der Waals surface area contributed by atoms with Gasteiger partial charge in [0.15, 0.2) is 0 Å². The zero-order valence-electron chi connectivity index (χ0n) is 12.8. The van der Waals surface area contributed by atoms with E-state index in [4.69, 9.17) is 0 Å². The van der Waals surface area contributed by atoms with Crippen molar-refractivity contribution in [2.75, 3.05) is 13.1 Å². The van der Waals surface area contributed by atoms with E-state index in [1.165, 1.54) is 12.1 Å². The standard InChI is InChI=1S/C15H20F3N3O2/c1-2-7-19-13(22)6-8-20-14(23)21-10-11-4-3-5-12(9-11)15(16,17)18/h3-5,9H,2,6-8,10H2,1H3,(H,19,22)(H2,20,21,23). The number of carbonyl (C=O) groups excluding carboxylic acids is 2. The summed E-state index contributed by atoms with van der Waals surface area (Å²) in [6.07, 6.45) is -3.43. The zero-order chi connectivity index (χ0) is 17.3. The summed E-state index contributed by atoms with van der Waals surface area (Å²) in [5.41, 5.74) is -0.416. The Bertz CT molecular complexity index is 533. The molecule has 0 radical (unpaired) electrons. The van der Waals surface area contributed by atoms with Crippen LogP contribution in [0.25, 0.3) is 0 Å². The quantitative estimate of drug-likeness (QED) is 0.718. The first-order chi connectivity index (χ1) is 10.8. The van der Waals surface area contributed by atoms with Crippen LogP contribution in [0.15, 0.2) is 24.3 Å². The molecule has 0 bridgehead atoms. The number of halogens is 3. The van der Waals surface area contributed by atoms with E-state index >= 15 is 0 Å². The predicted octanol–water partition coefficient (Wildman–Crippen LogP) is 2.42. The highest BCUT2D eigenvalue weighted by Crippen LogP contribution is 2.29. The second kappa shape index (κ2) is 9.02. The summed E-state index contributed by atoms with van der Waals surface area (Å²) in [6.45, 7) is 2.64. The summed E-state index contributed by atoms with van der Waals surface area (Å²) in [5.74, 6) is -0.162. The van der Waals surface area contributed by atoms with Gasteiger partial charge in [0.25, 0.3) is 0 Å². The number of amides is 3. The minimum atomic E-state index is -4.41. The summed E-state index contributed by atoms with van der Waals surface area (Å²) in [4.78, 5) is 22.8. The van der Waals surface area contributed by atoms with Gasteiger partial charge in [-0.05, 0) is 24.1 Å². The van der Waals surface area contributed by atoms with Crippen molar-refractivity contribution < 1.29 is 22.8 Å². The molecule has 0 saturated carbocycles. The normalized spacial score (nSPS) is 11.0. The van der Waals surface area contributed by atoms with Gasteiger partial charge in [-0.1, -0.05) is 19.1 Å². The van der Waals surface area contributed by atoms with E-state index in [0.29, 0.717) is 12.1 Å². The molecule has 128 valence electrons. The molecule has 0 aromatic heterocycles. The molecule has 0 saturated heterocycles. The van der Waals surface area contributed by atoms with Gasteiger partial charge in [0.1, 0.15) is 0 Å². The third kappa shape index (κ3) is 7.53. The largest absolute Gasteiger partial charge is 0.416 e. The van der Waals surface area contributed by atoms with Gasteiger partial charge in [0, 0.05) is 26.1 Å². The molecule has 0 aliphatic heterocycles. The molecule has 1 rings (SSSR count). The molecule has 5 nitrogen and oxygen atoms in total. The molecule has 0 fully saturated rings. The Morgan fingerprint density at radius 2 is 1.83 bits per heavy atom. The van der Waals surface area contributed by atoms with Crippen molar-refractivity contribution in [2.24, 2.45) is 0 Å². The lowest BCUT2D eigenvalue weighted by atomic mass is 10.1. The molecule has 0 spiro atoms. The molecule has 0 unspecified atom stereocenters. The van der Waals surface area contributed by atoms with Crippen LogP contribution in [0.5, 0.6) is 0 Å². The van der Waals surface area contributed by atoms with Crippen molar-refractivity contribution in [3.8, 4) is 0 Å². The lowest BCUT2D eigenvalue weighted by Gasteiger charge is -2.10. The number of hydrogen-bond donors (Lipinski definition) is 3. The molecule has 0 aliphatic rings. The maximum Gasteiger partial charge on any atom is 0.416 e. The van der Waals surface area contributed by atoms with Crippen LogP contribution in [0.1, 0.15) is 30.9 Å². The Morgan fingerprint density at radius 1 is 1.09 bits per heavy atom. The van der Waals surface area contributed by atoms with Gasteiger partial charge < -0.3 is 16.0 Å². The number of benzene rings is 1. The molecule has 0 heterocycles. The summed E-state index contributed by atoms with van der Waals surface area (Å²) in [7, 11) is 0. The van der Waals surface area contributed by atoms with Gasteiger partial charge in [0.2, 0.25) is 5.91 Å². The molecule has 8 heteroatoms. The van der Waals surface area contributed by atoms with Crippen molar-refractivity contribution in [3.63, 3.8) is 0 Å². The lowest BCUT2D eigenvalue weighted by Crippen LogP contribution is -2.37. The highest BCUT2D eigenvalue weighted by atomic mass is 19.4. The first-order valence-corrected chi connectivity index (χ1v) is 7.27. The van der Waals surface area contributed by atoms with Crippen LogP contribution in [0, 0.1) is 0 Å². The number of nitrogens with one attached hydrogen (secondary N) is 3. The second-order valence-electron chi connectivity index (χ2n) is 4.91. The van der Waals surface area contributed by atoms with E-state index in [-0.39, 0.29) is 25.4 Å². The van der Waals surface area contributed by atoms with Crippen LogP contribution in [0.4, 0.5) is 18.0 Å². The van der Waals surface area contributed by atoms with Gasteiger partial charge in [0.05, 0.1) is 5.56 Å². The van der Waals surface area contributed by atoms with Crippen LogP contribution in [-0.2, 0) is 17.5 Å². The third-order valence-corrected chi connectivity index (χ3v) is 2.92. The van der Waals surface area contributed by atoms with Gasteiger partial charge in [-0.15, -0.1) is 0 Å². The Labute approximate surface area is 132 Å². The molecule has 0 aliphatic carbocycles. The SMILES string of the molecule is CCCNC(=O)CCNC(=O)NCc1cccc(C(F)(F)F)c1. The maximum atomic E-state index is 12.6. The summed E-state index contributed by atoms with van der Waals surface area (Å²) in [6, 6.07) is 4.20. The lowest BCUT2D eigenvalue weighted by molar-refractivity contribution is -0.137. The van der Waals surface area contributed by atoms with Crippen LogP contribution >= 0.6 is 0 Å². The van der Waals surface area contributed by atoms with E-state index < -0.39 is 17.8 Å². The Balaban J connectivity index is 2.32. The average molecular weight is 331 g/mol. The van der Waals surface area contributed by atoms with Crippen LogP contribution in [-0.4, -0.2) is 25.0 Å². The van der Waals surface area contributed by atoms with E-state index in [1.807, 2.05) is 6.92 Å². The molecule has 3 N–H and O–H groups in total. The molecule has 23 heavy (non-hydrogen) atoms. The van der Waals surface area contributed by atoms with Crippen LogP contribution in [0.2, 0.25) is 0 Å². The molecule has 1 aromatic carbocycles. The van der Waals surface area contributed by atoms with E-state index in [2.05, 4.69) is 16.0 Å². The monoisotopic (exact) mass is 331 g/mol. The van der Waals surface area contributed by atoms with E-state index in [1.54, 1.807) is 0 Å². The van der Waals surface area contributed by atoms with Gasteiger partial charge >= 0.3 is 12.2 Å². The van der Waals surface area contributed by atoms with Crippen LogP contribution < -0.4 is 16.0 Å². The molecule has 1 aromatic rings. The molecular formula is C15H20F3N3O2. The van der Waals surface area contributed by atoms with Crippen LogP contribution in [0.3, 0.4) is 0 Å². The van der Waals surface area contributed by atoms with Crippen molar-refractivity contribution >= 4 is 11.9 Å². The van der Waals surface area contributed by atoms with Gasteiger partial charge in [-0.25, -0.2) is 4.79 Å². The first-order valence-electron chi connectivity index (χ1n) is 7.27. The predicted molar refractivity (Wildman–Crippen MR) is 79.6 cm³/mol. The smallest absolute Gasteiger partial charge is 0.356 e. The second-order valence-corrected chi connectivity index (χ2v) is 4.91. The molecule has 3 amide bonds. The fourth-order valence-corrected chi connectivity index (χ4v) is 1.74. The first kappa shape index (κ1) is 18.8. The van der Waals surface area contributed by atoms with Crippen molar-refractivity contribution in [2.45, 2.75) is 32.5 Å². The van der Waals surface area contributed by atoms with E-state index in [9.17, 15) is 22.8 Å².